The zero-order chi connectivity index (χ0) is 9.31. The molecule has 0 amide bonds. The second-order valence-corrected chi connectivity index (χ2v) is 4.24. The van der Waals surface area contributed by atoms with Crippen molar-refractivity contribution in [1.82, 2.24) is 4.98 Å². The molecule has 1 aliphatic rings. The molecule has 1 saturated carbocycles. The first-order valence-electron chi connectivity index (χ1n) is 4.31. The van der Waals surface area contributed by atoms with Crippen molar-refractivity contribution in [3.05, 3.63) is 28.5 Å². The van der Waals surface area contributed by atoms with Crippen LogP contribution in [0.1, 0.15) is 25.0 Å². The van der Waals surface area contributed by atoms with Crippen molar-refractivity contribution in [2.24, 2.45) is 0 Å². The lowest BCUT2D eigenvalue weighted by Crippen LogP contribution is -2.33. The molecule has 0 spiro atoms. The second kappa shape index (κ2) is 3.12. The average Bonchev–Trinajstić information content (AvgIpc) is 2.07. The molecule has 0 aromatic carbocycles. The Morgan fingerprint density at radius 1 is 1.54 bits per heavy atom. The van der Waals surface area contributed by atoms with Crippen molar-refractivity contribution in [3.63, 3.8) is 0 Å². The Morgan fingerprint density at radius 2 is 2.31 bits per heavy atom. The summed E-state index contributed by atoms with van der Waals surface area (Å²) in [5.41, 5.74) is 0.601. The molecular formula is C10H9BrN2. The maximum atomic E-state index is 9.10. The molecule has 0 unspecified atom stereocenters. The van der Waals surface area contributed by atoms with Crippen LogP contribution in [0.3, 0.4) is 0 Å². The molecule has 0 radical (unpaired) electrons. The van der Waals surface area contributed by atoms with Crippen LogP contribution in [0.2, 0.25) is 0 Å². The summed E-state index contributed by atoms with van der Waals surface area (Å²) in [7, 11) is 0. The van der Waals surface area contributed by atoms with Gasteiger partial charge in [-0.1, -0.05) is 0 Å². The fourth-order valence-corrected chi connectivity index (χ4v) is 2.30. The summed E-state index contributed by atoms with van der Waals surface area (Å²) in [6.45, 7) is 0. The van der Waals surface area contributed by atoms with E-state index in [9.17, 15) is 0 Å². The van der Waals surface area contributed by atoms with Crippen molar-refractivity contribution < 1.29 is 0 Å². The normalized spacial score (nSPS) is 18.8. The van der Waals surface area contributed by atoms with E-state index in [4.69, 9.17) is 5.26 Å². The van der Waals surface area contributed by atoms with Crippen LogP contribution in [0.25, 0.3) is 0 Å². The molecule has 0 aliphatic heterocycles. The van der Waals surface area contributed by atoms with Crippen molar-refractivity contribution in [2.75, 3.05) is 0 Å². The summed E-state index contributed by atoms with van der Waals surface area (Å²) in [5.74, 6) is 0. The van der Waals surface area contributed by atoms with Crippen molar-refractivity contribution in [2.45, 2.75) is 24.7 Å². The summed E-state index contributed by atoms with van der Waals surface area (Å²) in [6, 6.07) is 6.20. The Labute approximate surface area is 85.7 Å². The lowest BCUT2D eigenvalue weighted by atomic mass is 9.67. The third-order valence-electron chi connectivity index (χ3n) is 2.63. The highest BCUT2D eigenvalue weighted by Crippen LogP contribution is 2.44. The standard InChI is InChI=1S/C10H9BrN2/c11-8-3-1-6-13-9(8)10(7-12)4-2-5-10/h1,3,6H,2,4-5H2. The summed E-state index contributed by atoms with van der Waals surface area (Å²) < 4.78 is 0.955. The molecule has 1 heterocycles. The lowest BCUT2D eigenvalue weighted by molar-refractivity contribution is 0.314. The van der Waals surface area contributed by atoms with Gasteiger partial charge in [-0.15, -0.1) is 0 Å². The third kappa shape index (κ3) is 1.26. The predicted octanol–water partition coefficient (Wildman–Crippen LogP) is 2.79. The zero-order valence-corrected chi connectivity index (χ0v) is 8.71. The number of rotatable bonds is 1. The number of aromatic nitrogens is 1. The van der Waals surface area contributed by atoms with E-state index in [2.05, 4.69) is 27.0 Å². The number of nitriles is 1. The molecule has 2 nitrogen and oxygen atoms in total. The van der Waals surface area contributed by atoms with Gasteiger partial charge in [-0.3, -0.25) is 4.98 Å². The fourth-order valence-electron chi connectivity index (χ4n) is 1.67. The predicted molar refractivity (Wildman–Crippen MR) is 53.1 cm³/mol. The Bertz CT molecular complexity index is 363. The first-order chi connectivity index (χ1) is 6.28. The Morgan fingerprint density at radius 3 is 2.77 bits per heavy atom. The largest absolute Gasteiger partial charge is 0.258 e. The fraction of sp³-hybridized carbons (Fsp3) is 0.400. The minimum absolute atomic E-state index is 0.305. The van der Waals surface area contributed by atoms with Gasteiger partial charge in [0.05, 0.1) is 11.8 Å². The van der Waals surface area contributed by atoms with Gasteiger partial charge in [0.2, 0.25) is 0 Å². The number of hydrogen-bond acceptors (Lipinski definition) is 2. The van der Waals surface area contributed by atoms with Gasteiger partial charge in [-0.05, 0) is 47.3 Å². The van der Waals surface area contributed by atoms with Crippen LogP contribution in [-0.4, -0.2) is 4.98 Å². The van der Waals surface area contributed by atoms with Crippen LogP contribution >= 0.6 is 15.9 Å². The molecule has 13 heavy (non-hydrogen) atoms. The Balaban J connectivity index is 2.46. The first kappa shape index (κ1) is 8.71. The lowest BCUT2D eigenvalue weighted by Gasteiger charge is -2.34. The van der Waals surface area contributed by atoms with Gasteiger partial charge >= 0.3 is 0 Å². The molecule has 66 valence electrons. The van der Waals surface area contributed by atoms with E-state index < -0.39 is 0 Å². The third-order valence-corrected chi connectivity index (χ3v) is 3.27. The van der Waals surface area contributed by atoms with E-state index in [1.165, 1.54) is 0 Å². The quantitative estimate of drug-likeness (QED) is 0.752. The number of nitrogens with zero attached hydrogens (tertiary/aromatic N) is 2. The summed E-state index contributed by atoms with van der Waals surface area (Å²) in [6.07, 6.45) is 4.77. The van der Waals surface area contributed by atoms with Crippen LogP contribution in [-0.2, 0) is 5.41 Å². The topological polar surface area (TPSA) is 36.7 Å². The summed E-state index contributed by atoms with van der Waals surface area (Å²) in [4.78, 5) is 4.27. The molecular weight excluding hydrogens is 228 g/mol. The Kier molecular flexibility index (Phi) is 2.09. The maximum absolute atomic E-state index is 9.10. The van der Waals surface area contributed by atoms with Gasteiger partial charge in [-0.2, -0.15) is 5.26 Å². The molecule has 1 aliphatic carbocycles. The monoisotopic (exact) mass is 236 g/mol. The van der Waals surface area contributed by atoms with Gasteiger partial charge in [0.25, 0.3) is 0 Å². The zero-order valence-electron chi connectivity index (χ0n) is 7.13. The van der Waals surface area contributed by atoms with E-state index >= 15 is 0 Å². The number of hydrogen-bond donors (Lipinski definition) is 0. The van der Waals surface area contributed by atoms with Crippen LogP contribution in [0.4, 0.5) is 0 Å². The van der Waals surface area contributed by atoms with Gasteiger partial charge in [0, 0.05) is 10.7 Å². The SMILES string of the molecule is N#CC1(c2ncccc2Br)CCC1. The van der Waals surface area contributed by atoms with Crippen LogP contribution in [0.15, 0.2) is 22.8 Å². The van der Waals surface area contributed by atoms with Gasteiger partial charge in [0.15, 0.2) is 0 Å². The van der Waals surface area contributed by atoms with Crippen LogP contribution in [0.5, 0.6) is 0 Å². The van der Waals surface area contributed by atoms with Crippen LogP contribution in [0, 0.1) is 11.3 Å². The van der Waals surface area contributed by atoms with Crippen molar-refractivity contribution >= 4 is 15.9 Å². The maximum Gasteiger partial charge on any atom is 0.100 e. The van der Waals surface area contributed by atoms with Gasteiger partial charge in [0.1, 0.15) is 5.41 Å². The summed E-state index contributed by atoms with van der Waals surface area (Å²) in [5, 5.41) is 9.10. The van der Waals surface area contributed by atoms with E-state index in [1.54, 1.807) is 6.20 Å². The molecule has 1 aromatic rings. The van der Waals surface area contributed by atoms with Gasteiger partial charge < -0.3 is 0 Å². The van der Waals surface area contributed by atoms with Crippen molar-refractivity contribution in [3.8, 4) is 6.07 Å². The second-order valence-electron chi connectivity index (χ2n) is 3.38. The van der Waals surface area contributed by atoms with Crippen molar-refractivity contribution in [1.29, 1.82) is 5.26 Å². The molecule has 3 heteroatoms. The molecule has 0 bridgehead atoms. The molecule has 0 N–H and O–H groups in total. The average molecular weight is 237 g/mol. The van der Waals surface area contributed by atoms with Gasteiger partial charge in [-0.25, -0.2) is 0 Å². The number of halogens is 1. The van der Waals surface area contributed by atoms with E-state index in [0.717, 1.165) is 29.4 Å². The molecule has 0 saturated heterocycles. The highest BCUT2D eigenvalue weighted by molar-refractivity contribution is 9.10. The van der Waals surface area contributed by atoms with Crippen LogP contribution < -0.4 is 0 Å². The smallest absolute Gasteiger partial charge is 0.100 e. The molecule has 1 aromatic heterocycles. The minimum Gasteiger partial charge on any atom is -0.258 e. The molecule has 1 fully saturated rings. The van der Waals surface area contributed by atoms with E-state index in [0.29, 0.717) is 0 Å². The minimum atomic E-state index is -0.305. The van der Waals surface area contributed by atoms with E-state index in [-0.39, 0.29) is 5.41 Å². The van der Waals surface area contributed by atoms with E-state index in [1.807, 2.05) is 12.1 Å². The highest BCUT2D eigenvalue weighted by atomic mass is 79.9. The first-order valence-corrected chi connectivity index (χ1v) is 5.10. The Hall–Kier alpha value is -0.880. The summed E-state index contributed by atoms with van der Waals surface area (Å²) >= 11 is 3.43. The number of pyridine rings is 1. The highest BCUT2D eigenvalue weighted by Gasteiger charge is 2.41. The molecule has 2 rings (SSSR count). The molecule has 0 atom stereocenters.